The van der Waals surface area contributed by atoms with Crippen molar-refractivity contribution in [3.63, 3.8) is 0 Å². The molecule has 2 aliphatic rings. The lowest BCUT2D eigenvalue weighted by Gasteiger charge is -2.32. The molecule has 0 unspecified atom stereocenters. The number of amides is 1. The minimum atomic E-state index is 0.210. The summed E-state index contributed by atoms with van der Waals surface area (Å²) in [5.74, 6) is 4.06. The smallest absolute Gasteiger partial charge is 0.232 e. The Morgan fingerprint density at radius 1 is 1.22 bits per heavy atom. The van der Waals surface area contributed by atoms with Gasteiger partial charge in [0.05, 0.1) is 19.4 Å². The number of carbonyl (C=O) groups excluding carboxylic acids is 1. The topological polar surface area (TPSA) is 72.3 Å². The van der Waals surface area contributed by atoms with E-state index in [0.29, 0.717) is 11.7 Å². The number of likely N-dealkylation sites (tertiary alicyclic amines) is 1. The number of nitrogens with one attached hydrogen (secondary N) is 1. The van der Waals surface area contributed by atoms with Crippen LogP contribution in [-0.4, -0.2) is 58.1 Å². The highest BCUT2D eigenvalue weighted by molar-refractivity contribution is 8.00. The molecule has 7 nitrogen and oxygen atoms in total. The Morgan fingerprint density at radius 3 is 2.74 bits per heavy atom. The Kier molecular flexibility index (Phi) is 5.63. The molecule has 144 valence electrons. The first-order valence-corrected chi connectivity index (χ1v) is 10.4. The number of benzene rings is 1. The molecular formula is C19H25N5O2S. The molecule has 1 fully saturated rings. The van der Waals surface area contributed by atoms with Gasteiger partial charge < -0.3 is 19.5 Å². The molecule has 2 aliphatic heterocycles. The maximum atomic E-state index is 12.6. The Hall–Kier alpha value is -2.06. The quantitative estimate of drug-likeness (QED) is 0.790. The van der Waals surface area contributed by atoms with E-state index in [-0.39, 0.29) is 5.91 Å². The van der Waals surface area contributed by atoms with Gasteiger partial charge >= 0.3 is 0 Å². The lowest BCUT2D eigenvalue weighted by Crippen LogP contribution is -2.39. The first-order valence-electron chi connectivity index (χ1n) is 9.42. The van der Waals surface area contributed by atoms with Crippen LogP contribution in [0.15, 0.2) is 29.2 Å². The fourth-order valence-electron chi connectivity index (χ4n) is 3.71. The predicted octanol–water partition coefficient (Wildman–Crippen LogP) is 1.89. The van der Waals surface area contributed by atoms with Gasteiger partial charge in [-0.2, -0.15) is 0 Å². The molecule has 0 saturated carbocycles. The number of thioether (sulfide) groups is 1. The SMILES string of the molecule is COc1ccc(SCC(=O)N2CCC(c3nnc4n3CCNC4)CC2)cc1. The van der Waals surface area contributed by atoms with Gasteiger partial charge in [0.1, 0.15) is 17.4 Å². The lowest BCUT2D eigenvalue weighted by atomic mass is 9.95. The van der Waals surface area contributed by atoms with Crippen LogP contribution in [0.5, 0.6) is 5.75 Å². The van der Waals surface area contributed by atoms with Crippen molar-refractivity contribution < 1.29 is 9.53 Å². The maximum Gasteiger partial charge on any atom is 0.232 e. The minimum Gasteiger partial charge on any atom is -0.497 e. The summed E-state index contributed by atoms with van der Waals surface area (Å²) >= 11 is 1.58. The summed E-state index contributed by atoms with van der Waals surface area (Å²) < 4.78 is 7.43. The van der Waals surface area contributed by atoms with Crippen LogP contribution in [0.4, 0.5) is 0 Å². The molecule has 27 heavy (non-hydrogen) atoms. The Labute approximate surface area is 163 Å². The van der Waals surface area contributed by atoms with Crippen LogP contribution in [0.25, 0.3) is 0 Å². The highest BCUT2D eigenvalue weighted by Crippen LogP contribution is 2.29. The van der Waals surface area contributed by atoms with Crippen LogP contribution in [-0.2, 0) is 17.9 Å². The molecule has 1 N–H and O–H groups in total. The number of ether oxygens (including phenoxy) is 1. The van der Waals surface area contributed by atoms with E-state index in [0.717, 1.165) is 67.9 Å². The van der Waals surface area contributed by atoms with Crippen molar-refractivity contribution in [2.24, 2.45) is 0 Å². The van der Waals surface area contributed by atoms with Crippen molar-refractivity contribution in [1.82, 2.24) is 25.0 Å². The van der Waals surface area contributed by atoms with Gasteiger partial charge in [0.15, 0.2) is 0 Å². The number of rotatable bonds is 5. The van der Waals surface area contributed by atoms with E-state index in [1.54, 1.807) is 18.9 Å². The summed E-state index contributed by atoms with van der Waals surface area (Å²) in [7, 11) is 1.65. The third-order valence-corrected chi connectivity index (χ3v) is 6.28. The molecular weight excluding hydrogens is 362 g/mol. The monoisotopic (exact) mass is 387 g/mol. The number of hydrogen-bond acceptors (Lipinski definition) is 6. The summed E-state index contributed by atoms with van der Waals surface area (Å²) in [6, 6.07) is 7.83. The van der Waals surface area contributed by atoms with Crippen LogP contribution < -0.4 is 10.1 Å². The largest absolute Gasteiger partial charge is 0.497 e. The van der Waals surface area contributed by atoms with Crippen molar-refractivity contribution in [2.45, 2.75) is 36.7 Å². The number of carbonyl (C=O) groups is 1. The molecule has 1 aromatic carbocycles. The van der Waals surface area contributed by atoms with Crippen molar-refractivity contribution in [1.29, 1.82) is 0 Å². The van der Waals surface area contributed by atoms with Crippen LogP contribution in [0, 0.1) is 0 Å². The summed E-state index contributed by atoms with van der Waals surface area (Å²) in [4.78, 5) is 15.6. The maximum absolute atomic E-state index is 12.6. The molecule has 2 aromatic rings. The van der Waals surface area contributed by atoms with Crippen LogP contribution >= 0.6 is 11.8 Å². The number of fused-ring (bicyclic) bond motifs is 1. The Balaban J connectivity index is 1.28. The molecule has 4 rings (SSSR count). The van der Waals surface area contributed by atoms with Gasteiger partial charge in [-0.1, -0.05) is 0 Å². The number of nitrogens with zero attached hydrogens (tertiary/aromatic N) is 4. The number of aromatic nitrogens is 3. The fourth-order valence-corrected chi connectivity index (χ4v) is 4.51. The van der Waals surface area contributed by atoms with E-state index in [4.69, 9.17) is 4.74 Å². The third kappa shape index (κ3) is 4.11. The van der Waals surface area contributed by atoms with Crippen LogP contribution in [0.2, 0.25) is 0 Å². The minimum absolute atomic E-state index is 0.210. The molecule has 3 heterocycles. The van der Waals surface area contributed by atoms with Crippen LogP contribution in [0.3, 0.4) is 0 Å². The van der Waals surface area contributed by atoms with E-state index >= 15 is 0 Å². The lowest BCUT2D eigenvalue weighted by molar-refractivity contribution is -0.129. The van der Waals surface area contributed by atoms with E-state index in [1.807, 2.05) is 29.2 Å². The normalized spacial score (nSPS) is 17.6. The zero-order valence-electron chi connectivity index (χ0n) is 15.6. The van der Waals surface area contributed by atoms with Gasteiger partial charge in [0.2, 0.25) is 5.91 Å². The summed E-state index contributed by atoms with van der Waals surface area (Å²) in [5.41, 5.74) is 0. The predicted molar refractivity (Wildman–Crippen MR) is 104 cm³/mol. The fraction of sp³-hybridized carbons (Fsp3) is 0.526. The van der Waals surface area contributed by atoms with E-state index in [1.165, 1.54) is 0 Å². The van der Waals surface area contributed by atoms with Crippen molar-refractivity contribution in [3.05, 3.63) is 35.9 Å². The second-order valence-corrected chi connectivity index (χ2v) is 7.97. The molecule has 0 radical (unpaired) electrons. The van der Waals surface area contributed by atoms with Crippen molar-refractivity contribution in [2.75, 3.05) is 32.5 Å². The standard InChI is InChI=1S/C19H25N5O2S/c1-26-15-2-4-16(5-3-15)27-13-18(25)23-9-6-14(7-10-23)19-22-21-17-12-20-8-11-24(17)19/h2-5,14,20H,6-13H2,1H3. The number of methoxy groups -OCH3 is 1. The molecule has 1 aromatic heterocycles. The second kappa shape index (κ2) is 8.31. The van der Waals surface area contributed by atoms with E-state index in [9.17, 15) is 4.79 Å². The average Bonchev–Trinajstić information content (AvgIpc) is 3.16. The molecule has 8 heteroatoms. The second-order valence-electron chi connectivity index (χ2n) is 6.92. The molecule has 0 atom stereocenters. The van der Waals surface area contributed by atoms with Gasteiger partial charge in [-0.15, -0.1) is 22.0 Å². The molecule has 0 aliphatic carbocycles. The zero-order chi connectivity index (χ0) is 18.6. The van der Waals surface area contributed by atoms with Gasteiger partial charge in [0, 0.05) is 37.0 Å². The van der Waals surface area contributed by atoms with Gasteiger partial charge in [-0.25, -0.2) is 0 Å². The van der Waals surface area contributed by atoms with E-state index < -0.39 is 0 Å². The molecule has 1 amide bonds. The molecule has 0 spiro atoms. The Bertz CT molecular complexity index is 784. The number of piperidine rings is 1. The summed E-state index contributed by atoms with van der Waals surface area (Å²) in [6.45, 7) is 4.31. The zero-order valence-corrected chi connectivity index (χ0v) is 16.4. The van der Waals surface area contributed by atoms with Gasteiger partial charge in [-0.05, 0) is 37.1 Å². The van der Waals surface area contributed by atoms with E-state index in [2.05, 4.69) is 20.1 Å². The van der Waals surface area contributed by atoms with Crippen molar-refractivity contribution >= 4 is 17.7 Å². The third-order valence-electron chi connectivity index (χ3n) is 5.29. The highest BCUT2D eigenvalue weighted by atomic mass is 32.2. The molecule has 1 saturated heterocycles. The van der Waals surface area contributed by atoms with Gasteiger partial charge in [-0.3, -0.25) is 4.79 Å². The average molecular weight is 388 g/mol. The van der Waals surface area contributed by atoms with Crippen LogP contribution in [0.1, 0.15) is 30.4 Å². The van der Waals surface area contributed by atoms with Crippen molar-refractivity contribution in [3.8, 4) is 5.75 Å². The summed E-state index contributed by atoms with van der Waals surface area (Å²) in [6.07, 6.45) is 1.93. The first kappa shape index (κ1) is 18.3. The highest BCUT2D eigenvalue weighted by Gasteiger charge is 2.28. The first-order chi connectivity index (χ1) is 13.2. The number of hydrogen-bond donors (Lipinski definition) is 1. The molecule has 0 bridgehead atoms. The summed E-state index contributed by atoms with van der Waals surface area (Å²) in [5, 5.41) is 12.1. The Morgan fingerprint density at radius 2 is 2.00 bits per heavy atom. The van der Waals surface area contributed by atoms with Gasteiger partial charge in [0.25, 0.3) is 0 Å².